The molecule has 0 aromatic rings. The van der Waals surface area contributed by atoms with Crippen molar-refractivity contribution < 1.29 is 19.4 Å². The number of carboxylic acid groups (broad SMARTS) is 1. The van der Waals surface area contributed by atoms with Gasteiger partial charge in [0.2, 0.25) is 0 Å². The Labute approximate surface area is 172 Å². The summed E-state index contributed by atoms with van der Waals surface area (Å²) in [6, 6.07) is 0. The van der Waals surface area contributed by atoms with Gasteiger partial charge in [0.05, 0.1) is 18.4 Å². The molecule has 28 heavy (non-hydrogen) atoms. The van der Waals surface area contributed by atoms with Crippen molar-refractivity contribution in [2.24, 2.45) is 17.8 Å². The lowest BCUT2D eigenvalue weighted by molar-refractivity contribution is -0.158. The van der Waals surface area contributed by atoms with Gasteiger partial charge in [-0.3, -0.25) is 9.59 Å². The number of carbonyl (C=O) groups excluding carboxylic acids is 1. The van der Waals surface area contributed by atoms with Gasteiger partial charge in [-0.05, 0) is 25.2 Å². The lowest BCUT2D eigenvalue weighted by Gasteiger charge is -2.23. The van der Waals surface area contributed by atoms with E-state index in [1.54, 1.807) is 0 Å². The van der Waals surface area contributed by atoms with Gasteiger partial charge in [-0.15, -0.1) is 0 Å². The van der Waals surface area contributed by atoms with Crippen LogP contribution in [0.5, 0.6) is 0 Å². The highest BCUT2D eigenvalue weighted by Crippen LogP contribution is 2.27. The number of esters is 1. The molecule has 1 rings (SSSR count). The van der Waals surface area contributed by atoms with Crippen molar-refractivity contribution in [3.63, 3.8) is 0 Å². The molecule has 4 nitrogen and oxygen atoms in total. The third kappa shape index (κ3) is 10.9. The number of unbranched alkanes of at least 4 members (excludes halogenated alkanes) is 9. The second-order valence-electron chi connectivity index (χ2n) is 8.50. The highest BCUT2D eigenvalue weighted by atomic mass is 16.5. The summed E-state index contributed by atoms with van der Waals surface area (Å²) in [5, 5.41) is 9.22. The first-order chi connectivity index (χ1) is 13.6. The van der Waals surface area contributed by atoms with Crippen molar-refractivity contribution in [3.05, 3.63) is 12.2 Å². The average Bonchev–Trinajstić information content (AvgIpc) is 2.70. The lowest BCUT2D eigenvalue weighted by Crippen LogP contribution is -2.32. The highest BCUT2D eigenvalue weighted by molar-refractivity contribution is 5.81. The highest BCUT2D eigenvalue weighted by Gasteiger charge is 2.34. The van der Waals surface area contributed by atoms with Crippen molar-refractivity contribution in [1.29, 1.82) is 0 Å². The number of allylic oxidation sites excluding steroid dienone is 2. The molecule has 0 heterocycles. The van der Waals surface area contributed by atoms with E-state index in [2.05, 4.69) is 13.8 Å². The third-order valence-electron chi connectivity index (χ3n) is 6.08. The van der Waals surface area contributed by atoms with E-state index in [1.807, 2.05) is 12.2 Å². The normalized spacial score (nSPS) is 20.1. The van der Waals surface area contributed by atoms with Crippen molar-refractivity contribution in [2.75, 3.05) is 6.61 Å². The van der Waals surface area contributed by atoms with Gasteiger partial charge in [0, 0.05) is 0 Å². The molecule has 1 aliphatic rings. The Balaban J connectivity index is 1.92. The van der Waals surface area contributed by atoms with Gasteiger partial charge >= 0.3 is 11.9 Å². The summed E-state index contributed by atoms with van der Waals surface area (Å²) < 4.78 is 5.33. The molecule has 0 aromatic carbocycles. The van der Waals surface area contributed by atoms with Crippen LogP contribution in [0.1, 0.15) is 104 Å². The minimum absolute atomic E-state index is 0.343. The fraction of sp³-hybridized carbons (Fsp3) is 0.833. The second kappa shape index (κ2) is 15.6. The predicted molar refractivity (Wildman–Crippen MR) is 114 cm³/mol. The lowest BCUT2D eigenvalue weighted by atomic mass is 9.83. The number of hydrogen-bond donors (Lipinski definition) is 1. The maximum atomic E-state index is 12.1. The topological polar surface area (TPSA) is 63.6 Å². The first-order valence-corrected chi connectivity index (χ1v) is 11.6. The molecule has 0 aromatic heterocycles. The van der Waals surface area contributed by atoms with Crippen LogP contribution in [0.15, 0.2) is 12.2 Å². The van der Waals surface area contributed by atoms with Gasteiger partial charge in [0.1, 0.15) is 0 Å². The van der Waals surface area contributed by atoms with Crippen LogP contribution < -0.4 is 0 Å². The fourth-order valence-corrected chi connectivity index (χ4v) is 3.84. The standard InChI is InChI=1S/C24H42O4/c1-3-20(2)16-12-10-8-6-4-5-7-9-11-15-19-28-24(27)22-18-14-13-17-21(22)23(25)26/h13-14,20-22H,3-12,15-19H2,1-2H3,(H,25,26). The molecule has 0 bridgehead atoms. The van der Waals surface area contributed by atoms with Crippen LogP contribution in [0.2, 0.25) is 0 Å². The van der Waals surface area contributed by atoms with Gasteiger partial charge in [-0.25, -0.2) is 0 Å². The quantitative estimate of drug-likeness (QED) is 0.183. The molecule has 0 radical (unpaired) electrons. The van der Waals surface area contributed by atoms with Crippen molar-refractivity contribution in [1.82, 2.24) is 0 Å². The van der Waals surface area contributed by atoms with E-state index in [0.29, 0.717) is 19.4 Å². The molecule has 162 valence electrons. The van der Waals surface area contributed by atoms with Crippen LogP contribution in [-0.4, -0.2) is 23.7 Å². The molecule has 3 atom stereocenters. The maximum absolute atomic E-state index is 12.1. The molecule has 0 spiro atoms. The van der Waals surface area contributed by atoms with Gasteiger partial charge in [0.25, 0.3) is 0 Å². The van der Waals surface area contributed by atoms with Crippen LogP contribution in [-0.2, 0) is 14.3 Å². The number of rotatable bonds is 16. The largest absolute Gasteiger partial charge is 0.481 e. The van der Waals surface area contributed by atoms with Gasteiger partial charge in [0.15, 0.2) is 0 Å². The SMILES string of the molecule is CCC(C)CCCCCCCCCCCCOC(=O)C1CC=CCC1C(=O)O. The fourth-order valence-electron chi connectivity index (χ4n) is 3.84. The molecule has 4 heteroatoms. The molecule has 0 amide bonds. The van der Waals surface area contributed by atoms with Gasteiger partial charge in [-0.2, -0.15) is 0 Å². The minimum Gasteiger partial charge on any atom is -0.481 e. The third-order valence-corrected chi connectivity index (χ3v) is 6.08. The number of aliphatic carboxylic acids is 1. The summed E-state index contributed by atoms with van der Waals surface area (Å²) in [5.74, 6) is -1.51. The van der Waals surface area contributed by atoms with E-state index < -0.39 is 17.8 Å². The van der Waals surface area contributed by atoms with E-state index in [1.165, 1.54) is 64.2 Å². The Morgan fingerprint density at radius 1 is 0.893 bits per heavy atom. The van der Waals surface area contributed by atoms with Crippen LogP contribution in [0.25, 0.3) is 0 Å². The first kappa shape index (κ1) is 24.7. The first-order valence-electron chi connectivity index (χ1n) is 11.6. The zero-order valence-electron chi connectivity index (χ0n) is 18.2. The number of carbonyl (C=O) groups is 2. The second-order valence-corrected chi connectivity index (χ2v) is 8.50. The molecule has 1 aliphatic carbocycles. The van der Waals surface area contributed by atoms with Crippen molar-refractivity contribution in [2.45, 2.75) is 104 Å². The van der Waals surface area contributed by atoms with Crippen LogP contribution in [0.3, 0.4) is 0 Å². The Bertz CT molecular complexity index is 458. The van der Waals surface area contributed by atoms with E-state index in [-0.39, 0.29) is 5.97 Å². The van der Waals surface area contributed by atoms with Crippen molar-refractivity contribution >= 4 is 11.9 Å². The van der Waals surface area contributed by atoms with E-state index in [9.17, 15) is 14.7 Å². The molecule has 0 aliphatic heterocycles. The molecule has 0 fully saturated rings. The number of hydrogen-bond acceptors (Lipinski definition) is 3. The Hall–Kier alpha value is -1.32. The van der Waals surface area contributed by atoms with E-state index in [0.717, 1.165) is 18.8 Å². The molecule has 3 unspecified atom stereocenters. The summed E-state index contributed by atoms with van der Waals surface area (Å²) in [4.78, 5) is 23.4. The average molecular weight is 395 g/mol. The molecule has 0 saturated carbocycles. The maximum Gasteiger partial charge on any atom is 0.310 e. The van der Waals surface area contributed by atoms with E-state index in [4.69, 9.17) is 4.74 Å². The number of ether oxygens (including phenoxy) is 1. The predicted octanol–water partition coefficient (Wildman–Crippen LogP) is 6.53. The summed E-state index contributed by atoms with van der Waals surface area (Å²) >= 11 is 0. The number of carboxylic acids is 1. The van der Waals surface area contributed by atoms with Crippen LogP contribution in [0, 0.1) is 17.8 Å². The van der Waals surface area contributed by atoms with Gasteiger partial charge < -0.3 is 9.84 Å². The summed E-state index contributed by atoms with van der Waals surface area (Å²) in [6.45, 7) is 5.04. The van der Waals surface area contributed by atoms with Crippen LogP contribution >= 0.6 is 0 Å². The smallest absolute Gasteiger partial charge is 0.310 e. The van der Waals surface area contributed by atoms with Crippen LogP contribution in [0.4, 0.5) is 0 Å². The monoisotopic (exact) mass is 394 g/mol. The summed E-state index contributed by atoms with van der Waals surface area (Å²) in [5.41, 5.74) is 0. The zero-order valence-corrected chi connectivity index (χ0v) is 18.2. The molecular weight excluding hydrogens is 352 g/mol. The Kier molecular flexibility index (Phi) is 13.8. The molecule has 1 N–H and O–H groups in total. The minimum atomic E-state index is -0.901. The van der Waals surface area contributed by atoms with Crippen molar-refractivity contribution in [3.8, 4) is 0 Å². The summed E-state index contributed by atoms with van der Waals surface area (Å²) in [6.07, 6.45) is 19.9. The zero-order chi connectivity index (χ0) is 20.6. The van der Waals surface area contributed by atoms with Gasteiger partial charge in [-0.1, -0.05) is 96.6 Å². The Morgan fingerprint density at radius 2 is 1.39 bits per heavy atom. The Morgan fingerprint density at radius 3 is 1.93 bits per heavy atom. The molecule has 0 saturated heterocycles. The summed E-state index contributed by atoms with van der Waals surface area (Å²) in [7, 11) is 0. The van der Waals surface area contributed by atoms with E-state index >= 15 is 0 Å². The molecular formula is C24H42O4.